The molecule has 2 heteroatoms. The maximum absolute atomic E-state index is 8.61. The van der Waals surface area contributed by atoms with Crippen molar-refractivity contribution < 1.29 is 4.74 Å². The molecule has 0 aliphatic carbocycles. The number of ether oxygens (including phenoxy) is 1. The summed E-state index contributed by atoms with van der Waals surface area (Å²) in [4.78, 5) is 0. The summed E-state index contributed by atoms with van der Waals surface area (Å²) in [5.74, 6) is 0.646. The van der Waals surface area contributed by atoms with Gasteiger partial charge in [0.05, 0.1) is 12.7 Å². The lowest BCUT2D eigenvalue weighted by Gasteiger charge is -2.01. The highest BCUT2D eigenvalue weighted by atomic mass is 16.5. The summed E-state index contributed by atoms with van der Waals surface area (Å²) in [6, 6.07) is 7.54. The topological polar surface area (TPSA) is 33.0 Å². The van der Waals surface area contributed by atoms with E-state index in [4.69, 9.17) is 10.00 Å². The van der Waals surface area contributed by atoms with E-state index < -0.39 is 0 Å². The van der Waals surface area contributed by atoms with Gasteiger partial charge in [-0.05, 0) is 24.6 Å². The molecule has 0 atom stereocenters. The zero-order chi connectivity index (χ0) is 14.3. The summed E-state index contributed by atoms with van der Waals surface area (Å²) in [6.45, 7) is 14.0. The first-order chi connectivity index (χ1) is 8.27. The van der Waals surface area contributed by atoms with E-state index in [1.807, 2.05) is 66.7 Å². The highest BCUT2D eigenvalue weighted by Crippen LogP contribution is 2.18. The number of hydrogen-bond acceptors (Lipinski definition) is 2. The summed E-state index contributed by atoms with van der Waals surface area (Å²) in [7, 11) is 1.57. The third kappa shape index (κ3) is 9.44. The Morgan fingerprint density at radius 3 is 1.82 bits per heavy atom. The fraction of sp³-hybridized carbons (Fsp3) is 0.533. The lowest BCUT2D eigenvalue weighted by atomic mass is 10.1. The van der Waals surface area contributed by atoms with Crippen LogP contribution < -0.4 is 4.74 Å². The van der Waals surface area contributed by atoms with E-state index in [1.165, 1.54) is 0 Å². The minimum Gasteiger partial charge on any atom is -0.495 e. The molecule has 0 aliphatic heterocycles. The van der Waals surface area contributed by atoms with Gasteiger partial charge in [-0.15, -0.1) is 0 Å². The van der Waals surface area contributed by atoms with Crippen LogP contribution in [0.2, 0.25) is 0 Å². The molecule has 0 amide bonds. The van der Waals surface area contributed by atoms with Crippen LogP contribution in [0.4, 0.5) is 0 Å². The van der Waals surface area contributed by atoms with Crippen molar-refractivity contribution in [3.8, 4) is 11.8 Å². The van der Waals surface area contributed by atoms with Crippen molar-refractivity contribution in [3.63, 3.8) is 0 Å². The maximum atomic E-state index is 8.61. The molecule has 0 fully saturated rings. The number of nitrogens with zero attached hydrogens (tertiary/aromatic N) is 1. The molecule has 1 rings (SSSR count). The smallest absolute Gasteiger partial charge is 0.136 e. The van der Waals surface area contributed by atoms with E-state index >= 15 is 0 Å². The number of hydrogen-bond donors (Lipinski definition) is 0. The van der Waals surface area contributed by atoms with E-state index in [-0.39, 0.29) is 0 Å². The Morgan fingerprint density at radius 2 is 1.47 bits per heavy atom. The van der Waals surface area contributed by atoms with Crippen LogP contribution in [-0.2, 0) is 0 Å². The molecule has 0 N–H and O–H groups in total. The SMILES string of the molecule is CC.CC.CC.COc1cc(C)ccc1C#N. The van der Waals surface area contributed by atoms with Crippen LogP contribution >= 0.6 is 0 Å². The number of nitriles is 1. The van der Waals surface area contributed by atoms with Crippen LogP contribution in [0.1, 0.15) is 52.7 Å². The van der Waals surface area contributed by atoms with Crippen LogP contribution in [0.3, 0.4) is 0 Å². The zero-order valence-electron chi connectivity index (χ0n) is 12.6. The minimum absolute atomic E-state index is 0.582. The van der Waals surface area contributed by atoms with Crippen LogP contribution in [0, 0.1) is 18.3 Å². The standard InChI is InChI=1S/C9H9NO.3C2H6/c1-7-3-4-8(6-10)9(5-7)11-2;3*1-2/h3-5H,1-2H3;3*1-2H3. The van der Waals surface area contributed by atoms with E-state index in [0.717, 1.165) is 5.56 Å². The van der Waals surface area contributed by atoms with Gasteiger partial charge in [0.1, 0.15) is 11.8 Å². The molecule has 0 bridgehead atoms. The van der Waals surface area contributed by atoms with Crippen LogP contribution in [0.15, 0.2) is 18.2 Å². The first-order valence-electron chi connectivity index (χ1n) is 6.32. The molecular formula is C15H27NO. The Balaban J connectivity index is -0.000000285. The number of aryl methyl sites for hydroxylation is 1. The van der Waals surface area contributed by atoms with Gasteiger partial charge in [-0.25, -0.2) is 0 Å². The van der Waals surface area contributed by atoms with Crippen molar-refractivity contribution in [2.24, 2.45) is 0 Å². The summed E-state index contributed by atoms with van der Waals surface area (Å²) >= 11 is 0. The van der Waals surface area contributed by atoms with Gasteiger partial charge in [0.2, 0.25) is 0 Å². The van der Waals surface area contributed by atoms with Crippen molar-refractivity contribution in [1.82, 2.24) is 0 Å². The summed E-state index contributed by atoms with van der Waals surface area (Å²) in [6.07, 6.45) is 0. The zero-order valence-corrected chi connectivity index (χ0v) is 12.6. The molecule has 0 heterocycles. The Kier molecular flexibility index (Phi) is 20.8. The molecule has 0 unspecified atom stereocenters. The molecule has 17 heavy (non-hydrogen) atoms. The Morgan fingerprint density at radius 1 is 1.00 bits per heavy atom. The van der Waals surface area contributed by atoms with E-state index in [0.29, 0.717) is 11.3 Å². The second kappa shape index (κ2) is 16.9. The highest BCUT2D eigenvalue weighted by molar-refractivity contribution is 5.44. The van der Waals surface area contributed by atoms with E-state index in [2.05, 4.69) is 0 Å². The molecule has 0 aromatic heterocycles. The van der Waals surface area contributed by atoms with Gasteiger partial charge in [-0.2, -0.15) is 5.26 Å². The van der Waals surface area contributed by atoms with Crippen molar-refractivity contribution in [2.45, 2.75) is 48.5 Å². The first kappa shape index (κ1) is 20.9. The van der Waals surface area contributed by atoms with Gasteiger partial charge >= 0.3 is 0 Å². The van der Waals surface area contributed by atoms with Crippen molar-refractivity contribution >= 4 is 0 Å². The minimum atomic E-state index is 0.582. The lowest BCUT2D eigenvalue weighted by Crippen LogP contribution is -1.87. The highest BCUT2D eigenvalue weighted by Gasteiger charge is 1.99. The maximum Gasteiger partial charge on any atom is 0.136 e. The molecule has 0 saturated carbocycles. The normalized spacial score (nSPS) is 6.76. The molecular weight excluding hydrogens is 210 g/mol. The quantitative estimate of drug-likeness (QED) is 0.692. The average molecular weight is 237 g/mol. The fourth-order valence-electron chi connectivity index (χ4n) is 0.891. The van der Waals surface area contributed by atoms with Crippen molar-refractivity contribution in [1.29, 1.82) is 5.26 Å². The predicted molar refractivity (Wildman–Crippen MR) is 76.5 cm³/mol. The van der Waals surface area contributed by atoms with Gasteiger partial charge in [0, 0.05) is 0 Å². The predicted octanol–water partition coefficient (Wildman–Crippen LogP) is 4.95. The largest absolute Gasteiger partial charge is 0.495 e. The second-order valence-electron chi connectivity index (χ2n) is 2.32. The monoisotopic (exact) mass is 237 g/mol. The average Bonchev–Trinajstić information content (AvgIpc) is 2.45. The summed E-state index contributed by atoms with van der Waals surface area (Å²) in [5.41, 5.74) is 1.68. The summed E-state index contributed by atoms with van der Waals surface area (Å²) < 4.78 is 4.99. The van der Waals surface area contributed by atoms with Gasteiger partial charge < -0.3 is 4.74 Å². The molecule has 1 aromatic carbocycles. The fourth-order valence-corrected chi connectivity index (χ4v) is 0.891. The lowest BCUT2D eigenvalue weighted by molar-refractivity contribution is 0.413. The third-order valence-electron chi connectivity index (χ3n) is 1.48. The Labute approximate surface area is 107 Å². The molecule has 2 nitrogen and oxygen atoms in total. The second-order valence-corrected chi connectivity index (χ2v) is 2.32. The Hall–Kier alpha value is -1.49. The molecule has 0 aliphatic rings. The Bertz CT molecular complexity index is 300. The molecule has 0 saturated heterocycles. The molecule has 0 radical (unpaired) electrons. The van der Waals surface area contributed by atoms with Crippen molar-refractivity contribution in [3.05, 3.63) is 29.3 Å². The summed E-state index contributed by atoms with van der Waals surface area (Å²) in [5, 5.41) is 8.61. The van der Waals surface area contributed by atoms with Gasteiger partial charge in [0.25, 0.3) is 0 Å². The van der Waals surface area contributed by atoms with Crippen molar-refractivity contribution in [2.75, 3.05) is 7.11 Å². The van der Waals surface area contributed by atoms with Gasteiger partial charge in [0.15, 0.2) is 0 Å². The number of benzene rings is 1. The molecule has 98 valence electrons. The van der Waals surface area contributed by atoms with Gasteiger partial charge in [-0.1, -0.05) is 47.6 Å². The third-order valence-corrected chi connectivity index (χ3v) is 1.48. The number of rotatable bonds is 1. The van der Waals surface area contributed by atoms with Crippen LogP contribution in [0.5, 0.6) is 5.75 Å². The number of methoxy groups -OCH3 is 1. The first-order valence-corrected chi connectivity index (χ1v) is 6.32. The van der Waals surface area contributed by atoms with E-state index in [1.54, 1.807) is 13.2 Å². The van der Waals surface area contributed by atoms with Gasteiger partial charge in [-0.3, -0.25) is 0 Å². The van der Waals surface area contributed by atoms with Crippen LogP contribution in [-0.4, -0.2) is 7.11 Å². The van der Waals surface area contributed by atoms with Crippen LogP contribution in [0.25, 0.3) is 0 Å². The molecule has 0 spiro atoms. The van der Waals surface area contributed by atoms with E-state index in [9.17, 15) is 0 Å². The molecule has 1 aromatic rings.